The maximum atomic E-state index is 5.46. The molecule has 170 valence electrons. The third-order valence-electron chi connectivity index (χ3n) is 4.83. The van der Waals surface area contributed by atoms with Crippen molar-refractivity contribution in [1.82, 2.24) is 10.2 Å². The molecular formula is C23H34N4O4. The van der Waals surface area contributed by atoms with Gasteiger partial charge in [0, 0.05) is 18.3 Å². The van der Waals surface area contributed by atoms with Crippen LogP contribution in [0.5, 0.6) is 23.0 Å². The van der Waals surface area contributed by atoms with Crippen molar-refractivity contribution in [2.24, 2.45) is 4.99 Å². The van der Waals surface area contributed by atoms with Crippen LogP contribution >= 0.6 is 0 Å². The largest absolute Gasteiger partial charge is 0.493 e. The summed E-state index contributed by atoms with van der Waals surface area (Å²) in [6.07, 6.45) is 0. The van der Waals surface area contributed by atoms with Crippen LogP contribution in [0.1, 0.15) is 18.5 Å². The van der Waals surface area contributed by atoms with Gasteiger partial charge in [-0.25, -0.2) is 0 Å². The zero-order chi connectivity index (χ0) is 22.8. The van der Waals surface area contributed by atoms with Gasteiger partial charge < -0.3 is 34.5 Å². The van der Waals surface area contributed by atoms with Gasteiger partial charge in [0.05, 0.1) is 41.0 Å². The van der Waals surface area contributed by atoms with E-state index in [9.17, 15) is 0 Å². The highest BCUT2D eigenvalue weighted by atomic mass is 16.5. The minimum Gasteiger partial charge on any atom is -0.493 e. The smallest absolute Gasteiger partial charge is 0.195 e. The molecule has 2 aromatic carbocycles. The van der Waals surface area contributed by atoms with Crippen LogP contribution in [0.4, 0.5) is 5.69 Å². The molecule has 0 aliphatic heterocycles. The van der Waals surface area contributed by atoms with Gasteiger partial charge in [0.25, 0.3) is 0 Å². The average molecular weight is 431 g/mol. The monoisotopic (exact) mass is 430 g/mol. The number of likely N-dealkylation sites (N-methyl/N-ethyl adjacent to an activating group) is 1. The van der Waals surface area contributed by atoms with Gasteiger partial charge in [-0.1, -0.05) is 6.07 Å². The number of hydrogen-bond donors (Lipinski definition) is 2. The fourth-order valence-corrected chi connectivity index (χ4v) is 3.16. The Morgan fingerprint density at radius 3 is 2.00 bits per heavy atom. The number of nitrogens with zero attached hydrogens (tertiary/aromatic N) is 2. The summed E-state index contributed by atoms with van der Waals surface area (Å²) >= 11 is 0. The van der Waals surface area contributed by atoms with Crippen LogP contribution in [-0.4, -0.2) is 66.5 Å². The van der Waals surface area contributed by atoms with Crippen molar-refractivity contribution in [2.45, 2.75) is 13.0 Å². The Bertz CT molecular complexity index is 871. The Morgan fingerprint density at radius 2 is 1.45 bits per heavy atom. The summed E-state index contributed by atoms with van der Waals surface area (Å²) in [7, 11) is 10.6. The Morgan fingerprint density at radius 1 is 0.871 bits per heavy atom. The number of anilines is 1. The number of aliphatic imine (C=N–C) groups is 1. The van der Waals surface area contributed by atoms with Gasteiger partial charge in [0.1, 0.15) is 0 Å². The molecule has 0 saturated heterocycles. The molecule has 2 aromatic rings. The van der Waals surface area contributed by atoms with E-state index in [1.165, 1.54) is 0 Å². The molecule has 1 atom stereocenters. The van der Waals surface area contributed by atoms with E-state index in [2.05, 4.69) is 15.5 Å². The lowest BCUT2D eigenvalue weighted by Gasteiger charge is -2.24. The number of rotatable bonds is 10. The van der Waals surface area contributed by atoms with Gasteiger partial charge in [-0.15, -0.1) is 0 Å². The Balaban J connectivity index is 2.25. The second-order valence-corrected chi connectivity index (χ2v) is 7.01. The molecule has 0 fully saturated rings. The van der Waals surface area contributed by atoms with Gasteiger partial charge in [0.15, 0.2) is 29.0 Å². The topological polar surface area (TPSA) is 76.6 Å². The second kappa shape index (κ2) is 11.9. The van der Waals surface area contributed by atoms with E-state index in [0.29, 0.717) is 35.5 Å². The third-order valence-corrected chi connectivity index (χ3v) is 4.83. The van der Waals surface area contributed by atoms with Crippen LogP contribution in [-0.2, 0) is 0 Å². The first-order valence-corrected chi connectivity index (χ1v) is 10.1. The van der Waals surface area contributed by atoms with Crippen molar-refractivity contribution in [3.8, 4) is 23.0 Å². The van der Waals surface area contributed by atoms with Gasteiger partial charge in [0.2, 0.25) is 0 Å². The van der Waals surface area contributed by atoms with Crippen molar-refractivity contribution < 1.29 is 18.9 Å². The van der Waals surface area contributed by atoms with Crippen LogP contribution in [0.15, 0.2) is 41.4 Å². The first kappa shape index (κ1) is 24.1. The standard InChI is InChI=1S/C23H34N4O4/c1-8-24-23(26-17-10-12-20(29-5)22(14-17)31-7)25-15-18(27(2)3)16-9-11-19(28-4)21(13-16)30-6/h9-14,18H,8,15H2,1-7H3,(H2,24,25,26). The summed E-state index contributed by atoms with van der Waals surface area (Å²) in [4.78, 5) is 6.94. The summed E-state index contributed by atoms with van der Waals surface area (Å²) in [6.45, 7) is 3.32. The highest BCUT2D eigenvalue weighted by molar-refractivity contribution is 5.94. The van der Waals surface area contributed by atoms with Gasteiger partial charge in [-0.3, -0.25) is 4.99 Å². The molecule has 1 unspecified atom stereocenters. The van der Waals surface area contributed by atoms with Crippen LogP contribution in [0.3, 0.4) is 0 Å². The van der Waals surface area contributed by atoms with E-state index in [1.807, 2.05) is 57.4 Å². The second-order valence-electron chi connectivity index (χ2n) is 7.01. The molecule has 2 rings (SSSR count). The molecule has 0 aliphatic rings. The predicted molar refractivity (Wildman–Crippen MR) is 125 cm³/mol. The third kappa shape index (κ3) is 6.42. The van der Waals surface area contributed by atoms with Crippen molar-refractivity contribution in [2.75, 3.05) is 60.9 Å². The maximum Gasteiger partial charge on any atom is 0.195 e. The van der Waals surface area contributed by atoms with Gasteiger partial charge >= 0.3 is 0 Å². The predicted octanol–water partition coefficient (Wildman–Crippen LogP) is 3.40. The fraction of sp³-hybridized carbons (Fsp3) is 0.435. The molecule has 0 saturated carbocycles. The highest BCUT2D eigenvalue weighted by Gasteiger charge is 2.17. The lowest BCUT2D eigenvalue weighted by Crippen LogP contribution is -2.32. The Labute approximate surface area is 185 Å². The zero-order valence-electron chi connectivity index (χ0n) is 19.5. The normalized spacial score (nSPS) is 12.3. The zero-order valence-corrected chi connectivity index (χ0v) is 19.5. The summed E-state index contributed by atoms with van der Waals surface area (Å²) in [5.74, 6) is 3.42. The summed E-state index contributed by atoms with van der Waals surface area (Å²) in [5.41, 5.74) is 1.94. The van der Waals surface area contributed by atoms with Crippen molar-refractivity contribution in [1.29, 1.82) is 0 Å². The molecule has 0 bridgehead atoms. The number of benzene rings is 2. The molecule has 0 heterocycles. The number of hydrogen-bond acceptors (Lipinski definition) is 6. The van der Waals surface area contributed by atoms with Crippen molar-refractivity contribution in [3.05, 3.63) is 42.0 Å². The SMILES string of the molecule is CCNC(=NCC(c1ccc(OC)c(OC)c1)N(C)C)Nc1ccc(OC)c(OC)c1. The molecule has 0 aromatic heterocycles. The van der Waals surface area contributed by atoms with E-state index in [4.69, 9.17) is 23.9 Å². The first-order valence-electron chi connectivity index (χ1n) is 10.1. The van der Waals surface area contributed by atoms with E-state index in [0.717, 1.165) is 17.8 Å². The number of guanidine groups is 1. The van der Waals surface area contributed by atoms with E-state index < -0.39 is 0 Å². The highest BCUT2D eigenvalue weighted by Crippen LogP contribution is 2.32. The molecule has 31 heavy (non-hydrogen) atoms. The molecule has 0 radical (unpaired) electrons. The molecule has 0 aliphatic carbocycles. The van der Waals surface area contributed by atoms with Crippen LogP contribution in [0.25, 0.3) is 0 Å². The van der Waals surface area contributed by atoms with Crippen LogP contribution in [0.2, 0.25) is 0 Å². The van der Waals surface area contributed by atoms with Gasteiger partial charge in [-0.2, -0.15) is 0 Å². The van der Waals surface area contributed by atoms with Crippen LogP contribution in [0, 0.1) is 0 Å². The molecular weight excluding hydrogens is 396 g/mol. The van der Waals surface area contributed by atoms with E-state index in [1.54, 1.807) is 28.4 Å². The number of nitrogens with one attached hydrogen (secondary N) is 2. The van der Waals surface area contributed by atoms with E-state index >= 15 is 0 Å². The van der Waals surface area contributed by atoms with Crippen molar-refractivity contribution in [3.63, 3.8) is 0 Å². The van der Waals surface area contributed by atoms with E-state index in [-0.39, 0.29) is 6.04 Å². The Hall–Kier alpha value is -3.13. The molecule has 0 spiro atoms. The molecule has 8 heteroatoms. The lowest BCUT2D eigenvalue weighted by atomic mass is 10.1. The number of methoxy groups -OCH3 is 4. The quantitative estimate of drug-likeness (QED) is 0.442. The van der Waals surface area contributed by atoms with Crippen LogP contribution < -0.4 is 29.6 Å². The molecule has 2 N–H and O–H groups in total. The minimum absolute atomic E-state index is 0.0562. The summed E-state index contributed by atoms with van der Waals surface area (Å²) < 4.78 is 21.5. The minimum atomic E-state index is 0.0562. The first-order chi connectivity index (χ1) is 15.0. The van der Waals surface area contributed by atoms with Gasteiger partial charge in [-0.05, 0) is 50.8 Å². The molecule has 8 nitrogen and oxygen atoms in total. The lowest BCUT2D eigenvalue weighted by molar-refractivity contribution is 0.303. The van der Waals surface area contributed by atoms with Crippen molar-refractivity contribution >= 4 is 11.6 Å². The maximum absolute atomic E-state index is 5.46. The average Bonchev–Trinajstić information content (AvgIpc) is 2.78. The fourth-order valence-electron chi connectivity index (χ4n) is 3.16. The summed E-state index contributed by atoms with van der Waals surface area (Å²) in [6, 6.07) is 11.7. The molecule has 0 amide bonds. The summed E-state index contributed by atoms with van der Waals surface area (Å²) in [5, 5.41) is 6.62. The Kier molecular flexibility index (Phi) is 9.27. The number of ether oxygens (including phenoxy) is 4.